The normalized spacial score (nSPS) is 14.2. The van der Waals surface area contributed by atoms with Crippen LogP contribution in [0.4, 0.5) is 34.1 Å². The molecule has 0 fully saturated rings. The molecule has 306 valence electrons. The van der Waals surface area contributed by atoms with E-state index in [0.717, 1.165) is 54.9 Å². The van der Waals surface area contributed by atoms with Gasteiger partial charge in [0.2, 0.25) is 0 Å². The van der Waals surface area contributed by atoms with E-state index < -0.39 is 0 Å². The zero-order valence-corrected chi connectivity index (χ0v) is 38.0. The van der Waals surface area contributed by atoms with Gasteiger partial charge in [-0.2, -0.15) is 0 Å². The van der Waals surface area contributed by atoms with Crippen molar-refractivity contribution in [3.63, 3.8) is 0 Å². The van der Waals surface area contributed by atoms with Gasteiger partial charge < -0.3 is 19.1 Å². The SMILES string of the molecule is CC(C)(C)c1ccc(N2c3ccc(C(C)(C)C)cc3B3c4c2cccc4N(c2ccc(C(C)(C)C)cc2)c2c3n(-c3ccccc3)c3ccc4c(c23)Oc2ccccc2S4)cc1. The van der Waals surface area contributed by atoms with E-state index in [1.165, 1.54) is 50.3 Å². The highest BCUT2D eigenvalue weighted by molar-refractivity contribution is 7.99. The minimum absolute atomic E-state index is 0.0149. The molecule has 62 heavy (non-hydrogen) atoms. The average Bonchev–Trinajstić information content (AvgIpc) is 3.60. The van der Waals surface area contributed by atoms with Crippen LogP contribution in [-0.4, -0.2) is 11.3 Å². The third-order valence-electron chi connectivity index (χ3n) is 13.1. The van der Waals surface area contributed by atoms with Crippen LogP contribution in [0.25, 0.3) is 16.6 Å². The Kier molecular flexibility index (Phi) is 8.57. The Bertz CT molecular complexity index is 3070. The molecule has 0 spiro atoms. The fourth-order valence-corrected chi connectivity index (χ4v) is 10.8. The number of nitrogens with zero attached hydrogens (tertiary/aromatic N) is 3. The molecule has 7 aromatic carbocycles. The lowest BCUT2D eigenvalue weighted by Crippen LogP contribution is -2.63. The number of fused-ring (bicyclic) bond motifs is 9. The summed E-state index contributed by atoms with van der Waals surface area (Å²) in [5.41, 5.74) is 17.1. The predicted molar refractivity (Wildman–Crippen MR) is 264 cm³/mol. The molecule has 8 aromatic rings. The van der Waals surface area contributed by atoms with E-state index in [-0.39, 0.29) is 23.0 Å². The molecule has 11 rings (SSSR count). The number of benzene rings is 7. The number of para-hydroxylation sites is 2. The molecule has 0 bridgehead atoms. The molecular weight excluding hydrogens is 774 g/mol. The lowest BCUT2D eigenvalue weighted by atomic mass is 9.34. The van der Waals surface area contributed by atoms with Crippen molar-refractivity contribution in [3.8, 4) is 17.2 Å². The Morgan fingerprint density at radius 3 is 1.71 bits per heavy atom. The first-order valence-electron chi connectivity index (χ1n) is 22.0. The first kappa shape index (κ1) is 38.8. The number of aromatic nitrogens is 1. The Balaban J connectivity index is 1.28. The van der Waals surface area contributed by atoms with Crippen molar-refractivity contribution in [1.29, 1.82) is 0 Å². The molecule has 0 unspecified atom stereocenters. The predicted octanol–water partition coefficient (Wildman–Crippen LogP) is 13.9. The van der Waals surface area contributed by atoms with Crippen molar-refractivity contribution in [2.45, 2.75) is 88.3 Å². The maximum absolute atomic E-state index is 7.12. The topological polar surface area (TPSA) is 20.6 Å². The standard InChI is InChI=1S/C56H52BN3OS/c1-54(2,3)35-22-27-39(28-23-35)58-42-31-26-37(56(7,8)9)34-41(42)57-50-44(58)18-15-19-45(50)59(40-29-24-36(25-30-40)55(4,5)6)51-49-43(60(53(51)57)38-16-11-10-12-17-38)32-33-48-52(49)61-46-20-13-14-21-47(46)62-48/h10-34H,1-9H3. The summed E-state index contributed by atoms with van der Waals surface area (Å²) in [6, 6.07) is 56.7. The minimum Gasteiger partial charge on any atom is -0.454 e. The molecule has 0 amide bonds. The molecule has 0 radical (unpaired) electrons. The van der Waals surface area contributed by atoms with Gasteiger partial charge >= 0.3 is 0 Å². The van der Waals surface area contributed by atoms with Crippen molar-refractivity contribution in [2.24, 2.45) is 0 Å². The second-order valence-electron chi connectivity index (χ2n) is 20.3. The van der Waals surface area contributed by atoms with Crippen LogP contribution in [0.2, 0.25) is 0 Å². The first-order valence-corrected chi connectivity index (χ1v) is 22.8. The summed E-state index contributed by atoms with van der Waals surface area (Å²) < 4.78 is 9.66. The molecule has 4 nitrogen and oxygen atoms in total. The van der Waals surface area contributed by atoms with Gasteiger partial charge in [0.25, 0.3) is 6.71 Å². The Morgan fingerprint density at radius 1 is 0.484 bits per heavy atom. The Morgan fingerprint density at radius 2 is 1.06 bits per heavy atom. The monoisotopic (exact) mass is 825 g/mol. The second-order valence-corrected chi connectivity index (χ2v) is 21.4. The molecule has 3 aliphatic rings. The van der Waals surface area contributed by atoms with Crippen LogP contribution in [0.15, 0.2) is 161 Å². The summed E-state index contributed by atoms with van der Waals surface area (Å²) in [5.74, 6) is 1.80. The van der Waals surface area contributed by atoms with Crippen molar-refractivity contribution in [1.82, 2.24) is 4.57 Å². The van der Waals surface area contributed by atoms with Gasteiger partial charge in [-0.25, -0.2) is 0 Å². The fraction of sp³-hybridized carbons (Fsp3) is 0.214. The molecule has 1 aromatic heterocycles. The summed E-state index contributed by atoms with van der Waals surface area (Å²) in [6.45, 7) is 20.6. The molecule has 3 aliphatic heterocycles. The third kappa shape index (κ3) is 5.97. The van der Waals surface area contributed by atoms with Crippen LogP contribution in [0, 0.1) is 0 Å². The highest BCUT2D eigenvalue weighted by Crippen LogP contribution is 2.55. The molecule has 0 saturated heterocycles. The molecular formula is C56H52BN3OS. The minimum atomic E-state index is -0.101. The number of hydrogen-bond acceptors (Lipinski definition) is 4. The van der Waals surface area contributed by atoms with Crippen LogP contribution in [-0.2, 0) is 16.2 Å². The van der Waals surface area contributed by atoms with Crippen molar-refractivity contribution in [2.75, 3.05) is 9.80 Å². The largest absolute Gasteiger partial charge is 0.454 e. The Hall–Kier alpha value is -6.11. The van der Waals surface area contributed by atoms with E-state index in [0.29, 0.717) is 0 Å². The van der Waals surface area contributed by atoms with Gasteiger partial charge in [0, 0.05) is 39.7 Å². The summed E-state index contributed by atoms with van der Waals surface area (Å²) in [5, 5.41) is 1.12. The van der Waals surface area contributed by atoms with Gasteiger partial charge in [-0.3, -0.25) is 0 Å². The quantitative estimate of drug-likeness (QED) is 0.165. The highest BCUT2D eigenvalue weighted by atomic mass is 32.2. The van der Waals surface area contributed by atoms with Crippen LogP contribution in [0.5, 0.6) is 11.5 Å². The lowest BCUT2D eigenvalue weighted by molar-refractivity contribution is 0.460. The molecule has 0 aliphatic carbocycles. The fourth-order valence-electron chi connectivity index (χ4n) is 9.85. The van der Waals surface area contributed by atoms with Crippen LogP contribution < -0.4 is 31.1 Å². The summed E-state index contributed by atoms with van der Waals surface area (Å²) in [6.07, 6.45) is 0. The van der Waals surface area contributed by atoms with Gasteiger partial charge in [-0.1, -0.05) is 147 Å². The van der Waals surface area contributed by atoms with E-state index in [9.17, 15) is 0 Å². The van der Waals surface area contributed by atoms with Crippen molar-refractivity contribution >= 4 is 80.0 Å². The molecule has 6 heteroatoms. The maximum Gasteiger partial charge on any atom is 0.273 e. The van der Waals surface area contributed by atoms with E-state index in [1.807, 2.05) is 0 Å². The number of anilines is 6. The smallest absolute Gasteiger partial charge is 0.273 e. The zero-order valence-electron chi connectivity index (χ0n) is 37.2. The summed E-state index contributed by atoms with van der Waals surface area (Å²) >= 11 is 1.79. The lowest BCUT2D eigenvalue weighted by Gasteiger charge is -2.44. The number of hydrogen-bond donors (Lipinski definition) is 0. The van der Waals surface area contributed by atoms with Crippen molar-refractivity contribution < 1.29 is 4.74 Å². The van der Waals surface area contributed by atoms with E-state index in [2.05, 4.69) is 228 Å². The van der Waals surface area contributed by atoms with Crippen LogP contribution in [0.1, 0.15) is 79.0 Å². The van der Waals surface area contributed by atoms with Gasteiger partial charge in [0.15, 0.2) is 5.75 Å². The summed E-state index contributed by atoms with van der Waals surface area (Å²) in [7, 11) is 0. The third-order valence-corrected chi connectivity index (χ3v) is 14.2. The van der Waals surface area contributed by atoms with Crippen LogP contribution >= 0.6 is 11.8 Å². The average molecular weight is 826 g/mol. The highest BCUT2D eigenvalue weighted by Gasteiger charge is 2.48. The maximum atomic E-state index is 7.12. The molecule has 0 N–H and O–H groups in total. The van der Waals surface area contributed by atoms with Crippen LogP contribution in [0.3, 0.4) is 0 Å². The van der Waals surface area contributed by atoms with E-state index in [1.54, 1.807) is 11.8 Å². The van der Waals surface area contributed by atoms with Gasteiger partial charge in [-0.05, 0) is 123 Å². The molecule has 4 heterocycles. The van der Waals surface area contributed by atoms with Gasteiger partial charge in [0.05, 0.1) is 26.4 Å². The van der Waals surface area contributed by atoms with Gasteiger partial charge in [0.1, 0.15) is 5.75 Å². The summed E-state index contributed by atoms with van der Waals surface area (Å²) in [4.78, 5) is 7.32. The van der Waals surface area contributed by atoms with Crippen molar-refractivity contribution in [3.05, 3.63) is 168 Å². The van der Waals surface area contributed by atoms with Gasteiger partial charge in [-0.15, -0.1) is 0 Å². The number of rotatable bonds is 3. The van der Waals surface area contributed by atoms with E-state index >= 15 is 0 Å². The van der Waals surface area contributed by atoms with E-state index in [4.69, 9.17) is 4.74 Å². The zero-order chi connectivity index (χ0) is 42.9. The molecule has 0 saturated carbocycles. The first-order chi connectivity index (χ1) is 29.7. The second kappa shape index (κ2) is 13.7. The molecule has 0 atom stereocenters. The Labute approximate surface area is 371 Å². The number of ether oxygens (including phenoxy) is 1.